The van der Waals surface area contributed by atoms with Crippen LogP contribution in [-0.2, 0) is 0 Å². The fourth-order valence-electron chi connectivity index (χ4n) is 2.25. The molecule has 0 unspecified atom stereocenters. The number of carbonyl (C=O) groups is 1. The summed E-state index contributed by atoms with van der Waals surface area (Å²) < 4.78 is 6.27. The van der Waals surface area contributed by atoms with Gasteiger partial charge in [-0.15, -0.1) is 11.3 Å². The van der Waals surface area contributed by atoms with Gasteiger partial charge in [0, 0.05) is 6.04 Å². The fraction of sp³-hybridized carbons (Fsp3) is 0.235. The number of thiazole rings is 1. The number of methoxy groups -OCH3 is 1. The molecule has 3 rings (SSSR count). The van der Waals surface area contributed by atoms with Crippen LogP contribution in [0.1, 0.15) is 23.0 Å². The Labute approximate surface area is 153 Å². The lowest BCUT2D eigenvalue weighted by atomic mass is 10.2. The smallest absolute Gasteiger partial charge is 0.261 e. The summed E-state index contributed by atoms with van der Waals surface area (Å²) in [4.78, 5) is 18.1. The Morgan fingerprint density at radius 2 is 2.20 bits per heavy atom. The van der Waals surface area contributed by atoms with Crippen LogP contribution < -0.4 is 15.4 Å². The largest absolute Gasteiger partial charge is 0.495 e. The van der Waals surface area contributed by atoms with Crippen LogP contribution in [0.4, 0.5) is 10.8 Å². The predicted octanol–water partition coefficient (Wildman–Crippen LogP) is 4.14. The Kier molecular flexibility index (Phi) is 5.16. The van der Waals surface area contributed by atoms with Crippen molar-refractivity contribution in [3.8, 4) is 11.8 Å². The van der Waals surface area contributed by atoms with Crippen molar-refractivity contribution in [3.63, 3.8) is 0 Å². The lowest BCUT2D eigenvalue weighted by Gasteiger charge is -2.08. The first-order valence-corrected chi connectivity index (χ1v) is 9.22. The van der Waals surface area contributed by atoms with Gasteiger partial charge >= 0.3 is 0 Å². The lowest BCUT2D eigenvalue weighted by molar-refractivity contribution is 0.0945. The second kappa shape index (κ2) is 7.51. The highest BCUT2D eigenvalue weighted by Crippen LogP contribution is 2.35. The van der Waals surface area contributed by atoms with Gasteiger partial charge in [-0.25, -0.2) is 4.98 Å². The summed E-state index contributed by atoms with van der Waals surface area (Å²) >= 11 is 2.82. The van der Waals surface area contributed by atoms with Crippen molar-refractivity contribution >= 4 is 48.9 Å². The third kappa shape index (κ3) is 3.90. The molecule has 1 atom stereocenters. The van der Waals surface area contributed by atoms with Gasteiger partial charge in [0.1, 0.15) is 10.6 Å². The van der Waals surface area contributed by atoms with E-state index in [0.29, 0.717) is 4.88 Å². The van der Waals surface area contributed by atoms with E-state index in [4.69, 9.17) is 10.00 Å². The maximum absolute atomic E-state index is 12.2. The van der Waals surface area contributed by atoms with E-state index in [1.54, 1.807) is 7.11 Å². The Bertz CT molecular complexity index is 910. The SMILES string of the molecule is COc1ccccc1Nc1nc2sc(C(=O)N[C@@H](C)CC#N)cc2s1. The number of thiophene rings is 1. The Morgan fingerprint density at radius 3 is 2.92 bits per heavy atom. The van der Waals surface area contributed by atoms with E-state index in [0.717, 1.165) is 26.1 Å². The zero-order valence-corrected chi connectivity index (χ0v) is 15.3. The van der Waals surface area contributed by atoms with Gasteiger partial charge in [-0.1, -0.05) is 23.5 Å². The van der Waals surface area contributed by atoms with Crippen molar-refractivity contribution < 1.29 is 9.53 Å². The van der Waals surface area contributed by atoms with Gasteiger partial charge in [0.15, 0.2) is 5.13 Å². The van der Waals surface area contributed by atoms with Gasteiger partial charge < -0.3 is 15.4 Å². The molecule has 0 fully saturated rings. The van der Waals surface area contributed by atoms with E-state index in [-0.39, 0.29) is 18.4 Å². The summed E-state index contributed by atoms with van der Waals surface area (Å²) in [6, 6.07) is 11.3. The maximum Gasteiger partial charge on any atom is 0.261 e. The van der Waals surface area contributed by atoms with Crippen molar-refractivity contribution in [3.05, 3.63) is 35.2 Å². The summed E-state index contributed by atoms with van der Waals surface area (Å²) in [5.41, 5.74) is 0.842. The number of nitrogens with zero attached hydrogens (tertiary/aromatic N) is 2. The Balaban J connectivity index is 1.76. The number of para-hydroxylation sites is 2. The van der Waals surface area contributed by atoms with Gasteiger partial charge in [-0.2, -0.15) is 5.26 Å². The maximum atomic E-state index is 12.2. The Hall–Kier alpha value is -2.63. The van der Waals surface area contributed by atoms with Crippen molar-refractivity contribution in [2.24, 2.45) is 0 Å². The molecule has 1 aromatic carbocycles. The van der Waals surface area contributed by atoms with E-state index >= 15 is 0 Å². The second-order valence-corrected chi connectivity index (χ2v) is 7.42. The molecular weight excluding hydrogens is 356 g/mol. The molecule has 0 aliphatic rings. The van der Waals surface area contributed by atoms with Crippen LogP contribution in [0.2, 0.25) is 0 Å². The Morgan fingerprint density at radius 1 is 1.40 bits per heavy atom. The number of hydrogen-bond donors (Lipinski definition) is 2. The highest BCUT2D eigenvalue weighted by molar-refractivity contribution is 7.29. The number of carbonyl (C=O) groups excluding carboxylic acids is 1. The van der Waals surface area contributed by atoms with Crippen molar-refractivity contribution in [2.75, 3.05) is 12.4 Å². The minimum atomic E-state index is -0.173. The van der Waals surface area contributed by atoms with Crippen LogP contribution in [0.5, 0.6) is 5.75 Å². The van der Waals surface area contributed by atoms with Crippen LogP contribution in [-0.4, -0.2) is 24.0 Å². The van der Waals surface area contributed by atoms with Crippen molar-refractivity contribution in [1.82, 2.24) is 10.3 Å². The van der Waals surface area contributed by atoms with Crippen LogP contribution in [0.3, 0.4) is 0 Å². The molecule has 2 heterocycles. The normalized spacial score (nSPS) is 11.7. The molecule has 0 radical (unpaired) electrons. The summed E-state index contributed by atoms with van der Waals surface area (Å²) in [5, 5.41) is 15.5. The average Bonchev–Trinajstić information content (AvgIpc) is 3.14. The van der Waals surface area contributed by atoms with Gasteiger partial charge in [0.05, 0.1) is 34.9 Å². The van der Waals surface area contributed by atoms with Gasteiger partial charge in [-0.05, 0) is 25.1 Å². The topological polar surface area (TPSA) is 87.0 Å². The zero-order chi connectivity index (χ0) is 17.8. The highest BCUT2D eigenvalue weighted by Gasteiger charge is 2.16. The molecule has 6 nitrogen and oxygen atoms in total. The fourth-order valence-corrected chi connectivity index (χ4v) is 4.28. The summed E-state index contributed by atoms with van der Waals surface area (Å²) in [6.45, 7) is 1.81. The molecule has 0 bridgehead atoms. The predicted molar refractivity (Wildman–Crippen MR) is 101 cm³/mol. The summed E-state index contributed by atoms with van der Waals surface area (Å²) in [6.07, 6.45) is 0.288. The quantitative estimate of drug-likeness (QED) is 0.679. The van der Waals surface area contributed by atoms with E-state index in [9.17, 15) is 4.79 Å². The molecule has 0 saturated carbocycles. The monoisotopic (exact) mass is 372 g/mol. The molecule has 3 aromatic rings. The number of anilines is 2. The standard InChI is InChI=1S/C17H16N4O2S2/c1-10(7-8-18)19-15(22)13-9-14-16(24-13)21-17(25-14)20-11-5-3-4-6-12(11)23-2/h3-6,9-10H,7H2,1-2H3,(H,19,22)(H,20,21)/t10-/m0/s1. The molecule has 2 aromatic heterocycles. The number of nitriles is 1. The number of rotatable bonds is 6. The van der Waals surface area contributed by atoms with Crippen molar-refractivity contribution in [2.45, 2.75) is 19.4 Å². The number of fused-ring (bicyclic) bond motifs is 1. The molecule has 0 aliphatic carbocycles. The molecule has 0 saturated heterocycles. The van der Waals surface area contributed by atoms with E-state index in [1.807, 2.05) is 43.3 Å². The minimum Gasteiger partial charge on any atom is -0.495 e. The molecular formula is C17H16N4O2S2. The third-order valence-corrected chi connectivity index (χ3v) is 5.51. The van der Waals surface area contributed by atoms with Crippen LogP contribution in [0.25, 0.3) is 9.53 Å². The molecule has 1 amide bonds. The first-order chi connectivity index (χ1) is 12.1. The highest BCUT2D eigenvalue weighted by atomic mass is 32.1. The van der Waals surface area contributed by atoms with Crippen molar-refractivity contribution in [1.29, 1.82) is 5.26 Å². The first-order valence-electron chi connectivity index (χ1n) is 7.59. The number of benzene rings is 1. The number of amides is 1. The van der Waals surface area contributed by atoms with Gasteiger partial charge in [0.2, 0.25) is 0 Å². The lowest BCUT2D eigenvalue weighted by Crippen LogP contribution is -2.31. The minimum absolute atomic E-state index is 0.169. The summed E-state index contributed by atoms with van der Waals surface area (Å²) in [5.74, 6) is 0.574. The van der Waals surface area contributed by atoms with E-state index < -0.39 is 0 Å². The van der Waals surface area contributed by atoms with Crippen LogP contribution in [0, 0.1) is 11.3 Å². The van der Waals surface area contributed by atoms with E-state index in [1.165, 1.54) is 22.7 Å². The molecule has 0 spiro atoms. The van der Waals surface area contributed by atoms with Crippen LogP contribution in [0.15, 0.2) is 30.3 Å². The van der Waals surface area contributed by atoms with E-state index in [2.05, 4.69) is 15.6 Å². The number of nitrogens with one attached hydrogen (secondary N) is 2. The first kappa shape index (κ1) is 17.2. The van der Waals surface area contributed by atoms with Gasteiger partial charge in [0.25, 0.3) is 5.91 Å². The molecule has 2 N–H and O–H groups in total. The molecule has 128 valence electrons. The third-order valence-electron chi connectivity index (χ3n) is 3.44. The van der Waals surface area contributed by atoms with Gasteiger partial charge in [-0.3, -0.25) is 4.79 Å². The van der Waals surface area contributed by atoms with Crippen LogP contribution >= 0.6 is 22.7 Å². The molecule has 0 aliphatic heterocycles. The average molecular weight is 372 g/mol. The zero-order valence-electron chi connectivity index (χ0n) is 13.7. The number of aromatic nitrogens is 1. The second-order valence-electron chi connectivity index (χ2n) is 5.36. The molecule has 25 heavy (non-hydrogen) atoms. The molecule has 8 heteroatoms. The number of hydrogen-bond acceptors (Lipinski definition) is 7. The number of ether oxygens (including phenoxy) is 1. The summed E-state index contributed by atoms with van der Waals surface area (Å²) in [7, 11) is 1.62.